The van der Waals surface area contributed by atoms with Gasteiger partial charge in [-0.3, -0.25) is 4.99 Å². The van der Waals surface area contributed by atoms with Crippen molar-refractivity contribution in [2.45, 2.75) is 11.8 Å². The zero-order valence-electron chi connectivity index (χ0n) is 9.63. The molecule has 1 atom stereocenters. The Morgan fingerprint density at radius 1 is 1.33 bits per heavy atom. The Morgan fingerprint density at radius 3 is 3.22 bits per heavy atom. The smallest absolute Gasteiger partial charge is 0.135 e. The molecule has 2 aliphatic heterocycles. The largest absolute Gasteiger partial charge is 0.508 e. The summed E-state index contributed by atoms with van der Waals surface area (Å²) in [6, 6.07) is 3.41. The summed E-state index contributed by atoms with van der Waals surface area (Å²) >= 11 is 0. The first-order valence-electron chi connectivity index (χ1n) is 5.93. The molecular weight excluding hydrogens is 226 g/mol. The van der Waals surface area contributed by atoms with Gasteiger partial charge in [0.1, 0.15) is 17.3 Å². The lowest BCUT2D eigenvalue weighted by atomic mass is 9.73. The summed E-state index contributed by atoms with van der Waals surface area (Å²) in [5.41, 5.74) is 1.78. The molecule has 88 valence electrons. The Balaban J connectivity index is 2.09. The van der Waals surface area contributed by atoms with E-state index in [1.165, 1.54) is 0 Å². The summed E-state index contributed by atoms with van der Waals surface area (Å²) in [5.74, 6) is 1.85. The van der Waals surface area contributed by atoms with Crippen molar-refractivity contribution in [3.63, 3.8) is 0 Å². The van der Waals surface area contributed by atoms with Crippen LogP contribution in [0.2, 0.25) is 0 Å². The molecule has 3 nitrogen and oxygen atoms in total. The van der Waals surface area contributed by atoms with Crippen LogP contribution in [0.5, 0.6) is 11.5 Å². The van der Waals surface area contributed by atoms with Gasteiger partial charge in [0.2, 0.25) is 0 Å². The Kier molecular flexibility index (Phi) is 1.69. The quantitative estimate of drug-likeness (QED) is 0.753. The number of hydrogen-bond donors (Lipinski definition) is 1. The third-order valence-corrected chi connectivity index (χ3v) is 3.71. The van der Waals surface area contributed by atoms with E-state index in [-0.39, 0.29) is 11.2 Å². The number of phenolic OH excluding ortho intramolecular Hbond substituents is 1. The standard InChI is InChI=1S/C15H11NO2/c17-11-7-10-9-16-6-5-15-4-2-1-3-13(15)18-12(8-11)14(10)15/h1-3,5-9,17H,4H2. The van der Waals surface area contributed by atoms with Crippen molar-refractivity contribution >= 4 is 6.21 Å². The van der Waals surface area contributed by atoms with Gasteiger partial charge in [0.05, 0.1) is 5.41 Å². The Hall–Kier alpha value is -2.29. The monoisotopic (exact) mass is 237 g/mol. The molecule has 4 rings (SSSR count). The van der Waals surface area contributed by atoms with E-state index in [0.717, 1.165) is 29.1 Å². The van der Waals surface area contributed by atoms with Gasteiger partial charge in [-0.1, -0.05) is 12.2 Å². The highest BCUT2D eigenvalue weighted by molar-refractivity contribution is 5.87. The van der Waals surface area contributed by atoms with E-state index in [1.54, 1.807) is 18.3 Å². The van der Waals surface area contributed by atoms with E-state index >= 15 is 0 Å². The van der Waals surface area contributed by atoms with Crippen LogP contribution in [0.1, 0.15) is 17.5 Å². The highest BCUT2D eigenvalue weighted by Gasteiger charge is 2.45. The molecule has 18 heavy (non-hydrogen) atoms. The van der Waals surface area contributed by atoms with Crippen LogP contribution in [-0.4, -0.2) is 11.3 Å². The lowest BCUT2D eigenvalue weighted by Crippen LogP contribution is -2.25. The van der Waals surface area contributed by atoms with Gasteiger partial charge < -0.3 is 9.84 Å². The number of aliphatic imine (C=N–C) groups is 1. The average Bonchev–Trinajstić information content (AvgIpc) is 2.57. The zero-order valence-corrected chi connectivity index (χ0v) is 9.63. The molecule has 2 heterocycles. The van der Waals surface area contributed by atoms with Crippen LogP contribution in [0.4, 0.5) is 0 Å². The van der Waals surface area contributed by atoms with Gasteiger partial charge in [0.15, 0.2) is 0 Å². The zero-order chi connectivity index (χ0) is 12.2. The number of phenols is 1. The Bertz CT molecular complexity index is 667. The maximum atomic E-state index is 9.74. The van der Waals surface area contributed by atoms with Crippen LogP contribution in [-0.2, 0) is 5.41 Å². The second kappa shape index (κ2) is 3.13. The van der Waals surface area contributed by atoms with Gasteiger partial charge in [-0.2, -0.15) is 0 Å². The van der Waals surface area contributed by atoms with E-state index in [1.807, 2.05) is 18.4 Å². The van der Waals surface area contributed by atoms with Gasteiger partial charge in [0.25, 0.3) is 0 Å². The van der Waals surface area contributed by atoms with Crippen LogP contribution in [0.3, 0.4) is 0 Å². The molecule has 0 saturated carbocycles. The molecule has 0 amide bonds. The second-order valence-corrected chi connectivity index (χ2v) is 4.74. The number of nitrogens with zero attached hydrogens (tertiary/aromatic N) is 1. The molecule has 3 aliphatic rings. The number of benzene rings is 1. The molecule has 3 heteroatoms. The van der Waals surface area contributed by atoms with Crippen molar-refractivity contribution in [3.05, 3.63) is 59.5 Å². The van der Waals surface area contributed by atoms with Gasteiger partial charge in [0, 0.05) is 29.6 Å². The summed E-state index contributed by atoms with van der Waals surface area (Å²) in [6.07, 6.45) is 12.7. The predicted molar refractivity (Wildman–Crippen MR) is 69.0 cm³/mol. The molecule has 1 aromatic carbocycles. The third kappa shape index (κ3) is 1.06. The van der Waals surface area contributed by atoms with E-state index in [9.17, 15) is 5.11 Å². The lowest BCUT2D eigenvalue weighted by molar-refractivity contribution is 0.393. The molecule has 0 saturated heterocycles. The molecule has 1 aromatic rings. The molecule has 0 fully saturated rings. The van der Waals surface area contributed by atoms with Gasteiger partial charge in [-0.05, 0) is 24.6 Å². The minimum Gasteiger partial charge on any atom is -0.508 e. The molecule has 1 unspecified atom stereocenters. The van der Waals surface area contributed by atoms with Crippen molar-refractivity contribution in [3.8, 4) is 11.5 Å². The fourth-order valence-corrected chi connectivity index (χ4v) is 2.94. The molecule has 0 bridgehead atoms. The predicted octanol–water partition coefficient (Wildman–Crippen LogP) is 2.81. The minimum absolute atomic E-state index is 0.208. The van der Waals surface area contributed by atoms with Crippen LogP contribution < -0.4 is 4.74 Å². The maximum Gasteiger partial charge on any atom is 0.135 e. The number of ether oxygens (including phenoxy) is 1. The first-order valence-corrected chi connectivity index (χ1v) is 5.93. The number of rotatable bonds is 0. The normalized spacial score (nSPS) is 26.1. The highest BCUT2D eigenvalue weighted by atomic mass is 16.5. The van der Waals surface area contributed by atoms with Crippen molar-refractivity contribution < 1.29 is 9.84 Å². The average molecular weight is 237 g/mol. The van der Waals surface area contributed by atoms with Crippen LogP contribution in [0.25, 0.3) is 0 Å². The van der Waals surface area contributed by atoms with E-state index < -0.39 is 0 Å². The van der Waals surface area contributed by atoms with Crippen molar-refractivity contribution in [2.75, 3.05) is 0 Å². The summed E-state index contributed by atoms with van der Waals surface area (Å²) in [6.45, 7) is 0. The van der Waals surface area contributed by atoms with Crippen LogP contribution in [0, 0.1) is 0 Å². The number of aromatic hydroxyl groups is 1. The summed E-state index contributed by atoms with van der Waals surface area (Å²) in [7, 11) is 0. The minimum atomic E-state index is -0.246. The first-order chi connectivity index (χ1) is 8.79. The summed E-state index contributed by atoms with van der Waals surface area (Å²) < 4.78 is 5.90. The van der Waals surface area contributed by atoms with Crippen molar-refractivity contribution in [1.82, 2.24) is 0 Å². The van der Waals surface area contributed by atoms with Crippen molar-refractivity contribution in [2.24, 2.45) is 4.99 Å². The fraction of sp³-hybridized carbons (Fsp3) is 0.133. The molecular formula is C15H11NO2. The SMILES string of the molecule is Oc1cc2c3c(c1)OC1=CC=CCC13C=CN=C2. The van der Waals surface area contributed by atoms with Crippen molar-refractivity contribution in [1.29, 1.82) is 0 Å². The van der Waals surface area contributed by atoms with Gasteiger partial charge in [-0.25, -0.2) is 0 Å². The van der Waals surface area contributed by atoms with Gasteiger partial charge in [-0.15, -0.1) is 0 Å². The van der Waals surface area contributed by atoms with Crippen LogP contribution >= 0.6 is 0 Å². The highest BCUT2D eigenvalue weighted by Crippen LogP contribution is 2.53. The third-order valence-electron chi connectivity index (χ3n) is 3.71. The van der Waals surface area contributed by atoms with E-state index in [4.69, 9.17) is 4.74 Å². The van der Waals surface area contributed by atoms with Gasteiger partial charge >= 0.3 is 0 Å². The fourth-order valence-electron chi connectivity index (χ4n) is 2.94. The Labute approximate surface area is 104 Å². The molecule has 1 spiro atoms. The molecule has 1 aliphatic carbocycles. The first kappa shape index (κ1) is 9.71. The van der Waals surface area contributed by atoms with E-state index in [2.05, 4.69) is 17.1 Å². The van der Waals surface area contributed by atoms with Crippen LogP contribution in [0.15, 0.2) is 53.4 Å². The second-order valence-electron chi connectivity index (χ2n) is 4.74. The number of hydrogen-bond acceptors (Lipinski definition) is 3. The van der Waals surface area contributed by atoms with E-state index in [0.29, 0.717) is 0 Å². The Morgan fingerprint density at radius 2 is 2.28 bits per heavy atom. The molecule has 0 radical (unpaired) electrons. The summed E-state index contributed by atoms with van der Waals surface area (Å²) in [5, 5.41) is 9.74. The maximum absolute atomic E-state index is 9.74. The topological polar surface area (TPSA) is 41.8 Å². The molecule has 1 N–H and O–H groups in total. The lowest BCUT2D eigenvalue weighted by Gasteiger charge is -2.26. The summed E-state index contributed by atoms with van der Waals surface area (Å²) in [4.78, 5) is 4.24. The molecule has 0 aromatic heterocycles. The number of allylic oxidation sites excluding steroid dienone is 4.